The van der Waals surface area contributed by atoms with Gasteiger partial charge in [0.1, 0.15) is 23.0 Å². The van der Waals surface area contributed by atoms with E-state index in [4.69, 9.17) is 16.3 Å². The quantitative estimate of drug-likeness (QED) is 0.558. The number of pyridine rings is 1. The number of carbonyl (C=O) groups excluding carboxylic acids is 1. The molecule has 0 fully saturated rings. The summed E-state index contributed by atoms with van der Waals surface area (Å²) in [6, 6.07) is 5.39. The normalized spacial score (nSPS) is 11.3. The number of carbonyl (C=O) groups is 1. The van der Waals surface area contributed by atoms with E-state index in [-0.39, 0.29) is 34.6 Å². The van der Waals surface area contributed by atoms with Crippen molar-refractivity contribution < 1.29 is 4.79 Å². The monoisotopic (exact) mass is 331 g/mol. The molecule has 0 aliphatic rings. The summed E-state index contributed by atoms with van der Waals surface area (Å²) in [4.78, 5) is 16.0. The van der Waals surface area contributed by atoms with Crippen molar-refractivity contribution in [2.24, 2.45) is 0 Å². The van der Waals surface area contributed by atoms with Gasteiger partial charge in [0.2, 0.25) is 5.91 Å². The zero-order valence-electron chi connectivity index (χ0n) is 13.4. The van der Waals surface area contributed by atoms with Crippen LogP contribution >= 0.6 is 11.8 Å². The summed E-state index contributed by atoms with van der Waals surface area (Å²) < 4.78 is 0. The maximum absolute atomic E-state index is 11.9. The molecule has 3 N–H and O–H groups in total. The van der Waals surface area contributed by atoms with E-state index in [0.717, 1.165) is 37.4 Å². The zero-order valence-corrected chi connectivity index (χ0v) is 14.2. The molecule has 0 saturated carbocycles. The molecule has 1 atom stereocenters. The van der Waals surface area contributed by atoms with Crippen LogP contribution in [0.2, 0.25) is 0 Å². The van der Waals surface area contributed by atoms with E-state index in [0.29, 0.717) is 5.03 Å². The lowest BCUT2D eigenvalue weighted by molar-refractivity contribution is -0.119. The molecule has 1 aromatic heterocycles. The maximum Gasteiger partial charge on any atom is 0.230 e. The van der Waals surface area contributed by atoms with Crippen LogP contribution in [0.3, 0.4) is 0 Å². The first-order valence-electron chi connectivity index (χ1n) is 7.54. The maximum atomic E-state index is 11.9. The summed E-state index contributed by atoms with van der Waals surface area (Å²) in [6.45, 7) is 4.12. The van der Waals surface area contributed by atoms with Gasteiger partial charge in [0.05, 0.1) is 16.9 Å². The molecule has 1 rings (SSSR count). The van der Waals surface area contributed by atoms with Gasteiger partial charge >= 0.3 is 0 Å². The lowest BCUT2D eigenvalue weighted by atomic mass is 10.1. The third kappa shape index (κ3) is 6.17. The van der Waals surface area contributed by atoms with Crippen molar-refractivity contribution in [2.45, 2.75) is 50.6 Å². The molecule has 0 spiro atoms. The molecule has 1 heterocycles. The van der Waals surface area contributed by atoms with Gasteiger partial charge in [-0.2, -0.15) is 10.5 Å². The highest BCUT2D eigenvalue weighted by molar-refractivity contribution is 8.00. The standard InChI is InChI=1S/C16H21N5OS/c1-3-4-5-6-11(2)20-14(22)10-23-16-13(9-18)7-12(8-17)15(19)21-16/h7,11H,3-6,10H2,1-2H3,(H2,19,21)(H,20,22). The second-order valence-electron chi connectivity index (χ2n) is 5.25. The Hall–Kier alpha value is -2.25. The number of hydrogen-bond donors (Lipinski definition) is 2. The molecule has 6 nitrogen and oxygen atoms in total. The van der Waals surface area contributed by atoms with Crippen molar-refractivity contribution in [1.82, 2.24) is 10.3 Å². The van der Waals surface area contributed by atoms with E-state index in [1.165, 1.54) is 6.07 Å². The third-order valence-corrected chi connectivity index (χ3v) is 4.24. The topological polar surface area (TPSA) is 116 Å². The SMILES string of the molecule is CCCCCC(C)NC(=O)CSc1nc(N)c(C#N)cc1C#N. The van der Waals surface area contributed by atoms with E-state index < -0.39 is 0 Å². The van der Waals surface area contributed by atoms with Crippen molar-refractivity contribution in [2.75, 3.05) is 11.5 Å². The van der Waals surface area contributed by atoms with Gasteiger partial charge in [0, 0.05) is 6.04 Å². The number of nitriles is 2. The highest BCUT2D eigenvalue weighted by atomic mass is 32.2. The minimum Gasteiger partial charge on any atom is -0.383 e. The van der Waals surface area contributed by atoms with Gasteiger partial charge in [-0.15, -0.1) is 0 Å². The number of aromatic nitrogens is 1. The summed E-state index contributed by atoms with van der Waals surface area (Å²) in [6.07, 6.45) is 4.36. The number of amides is 1. The van der Waals surface area contributed by atoms with Gasteiger partial charge in [-0.1, -0.05) is 37.9 Å². The van der Waals surface area contributed by atoms with Crippen LogP contribution in [0.25, 0.3) is 0 Å². The van der Waals surface area contributed by atoms with Crippen LogP contribution in [0.4, 0.5) is 5.82 Å². The highest BCUT2D eigenvalue weighted by Gasteiger charge is 2.13. The molecule has 1 aromatic rings. The summed E-state index contributed by atoms with van der Waals surface area (Å²) in [5, 5.41) is 21.3. The molecule has 122 valence electrons. The Labute approximate surface area is 141 Å². The second kappa shape index (κ2) is 9.70. The van der Waals surface area contributed by atoms with Crippen molar-refractivity contribution >= 4 is 23.5 Å². The van der Waals surface area contributed by atoms with Gasteiger partial charge in [0.15, 0.2) is 0 Å². The fourth-order valence-corrected chi connectivity index (χ4v) is 2.79. The minimum absolute atomic E-state index is 0.0716. The largest absolute Gasteiger partial charge is 0.383 e. The van der Waals surface area contributed by atoms with Crippen molar-refractivity contribution in [3.63, 3.8) is 0 Å². The second-order valence-corrected chi connectivity index (χ2v) is 6.21. The number of thioether (sulfide) groups is 1. The van der Waals surface area contributed by atoms with Gasteiger partial charge in [-0.3, -0.25) is 4.79 Å². The number of unbranched alkanes of at least 4 members (excludes halogenated alkanes) is 2. The molecular weight excluding hydrogens is 310 g/mol. The number of hydrogen-bond acceptors (Lipinski definition) is 6. The lowest BCUT2D eigenvalue weighted by Gasteiger charge is -2.13. The number of nitrogens with zero attached hydrogens (tertiary/aromatic N) is 3. The van der Waals surface area contributed by atoms with Gasteiger partial charge < -0.3 is 11.1 Å². The Bertz CT molecular complexity index is 633. The molecule has 7 heteroatoms. The van der Waals surface area contributed by atoms with Gasteiger partial charge in [0.25, 0.3) is 0 Å². The van der Waals surface area contributed by atoms with E-state index in [1.807, 2.05) is 19.1 Å². The number of nitrogens with two attached hydrogens (primary N) is 1. The lowest BCUT2D eigenvalue weighted by Crippen LogP contribution is -2.33. The summed E-state index contributed by atoms with van der Waals surface area (Å²) >= 11 is 1.15. The molecule has 23 heavy (non-hydrogen) atoms. The van der Waals surface area contributed by atoms with Crippen LogP contribution in [-0.2, 0) is 4.79 Å². The van der Waals surface area contributed by atoms with Crippen molar-refractivity contribution in [3.8, 4) is 12.1 Å². The number of anilines is 1. The van der Waals surface area contributed by atoms with E-state index >= 15 is 0 Å². The van der Waals surface area contributed by atoms with Crippen LogP contribution in [0.15, 0.2) is 11.1 Å². The molecular formula is C16H21N5OS. The van der Waals surface area contributed by atoms with Gasteiger partial charge in [-0.25, -0.2) is 4.98 Å². The summed E-state index contributed by atoms with van der Waals surface area (Å²) in [5.41, 5.74) is 6.07. The number of nitrogens with one attached hydrogen (secondary N) is 1. The van der Waals surface area contributed by atoms with E-state index in [1.54, 1.807) is 0 Å². The molecule has 0 bridgehead atoms. The van der Waals surface area contributed by atoms with E-state index in [2.05, 4.69) is 17.2 Å². The van der Waals surface area contributed by atoms with Gasteiger partial charge in [-0.05, 0) is 19.4 Å². The summed E-state index contributed by atoms with van der Waals surface area (Å²) in [5.74, 6) is 0.125. The fraction of sp³-hybridized carbons (Fsp3) is 0.500. The van der Waals surface area contributed by atoms with Crippen molar-refractivity contribution in [3.05, 3.63) is 17.2 Å². The van der Waals surface area contributed by atoms with Crippen LogP contribution in [0.5, 0.6) is 0 Å². The van der Waals surface area contributed by atoms with Crippen LogP contribution in [0.1, 0.15) is 50.7 Å². The smallest absolute Gasteiger partial charge is 0.230 e. The first-order chi connectivity index (χ1) is 11.0. The highest BCUT2D eigenvalue weighted by Crippen LogP contribution is 2.23. The Morgan fingerprint density at radius 2 is 2.09 bits per heavy atom. The zero-order chi connectivity index (χ0) is 17.2. The molecule has 0 aliphatic carbocycles. The average Bonchev–Trinajstić information content (AvgIpc) is 2.53. The van der Waals surface area contributed by atoms with Crippen molar-refractivity contribution in [1.29, 1.82) is 10.5 Å². The molecule has 1 amide bonds. The Morgan fingerprint density at radius 1 is 1.39 bits per heavy atom. The molecule has 0 saturated heterocycles. The predicted octanol–water partition coefficient (Wildman–Crippen LogP) is 2.58. The fourth-order valence-electron chi connectivity index (χ4n) is 2.01. The molecule has 0 radical (unpaired) electrons. The average molecular weight is 331 g/mol. The predicted molar refractivity (Wildman–Crippen MR) is 90.6 cm³/mol. The number of nitrogen functional groups attached to an aromatic ring is 1. The Balaban J connectivity index is 2.58. The molecule has 1 unspecified atom stereocenters. The third-order valence-electron chi connectivity index (χ3n) is 3.25. The van der Waals surface area contributed by atoms with Crippen LogP contribution < -0.4 is 11.1 Å². The minimum atomic E-state index is -0.104. The molecule has 0 aliphatic heterocycles. The van der Waals surface area contributed by atoms with Crippen LogP contribution in [0, 0.1) is 22.7 Å². The Kier molecular flexibility index (Phi) is 7.93. The Morgan fingerprint density at radius 3 is 2.70 bits per heavy atom. The van der Waals surface area contributed by atoms with E-state index in [9.17, 15) is 4.79 Å². The first-order valence-corrected chi connectivity index (χ1v) is 8.53. The van der Waals surface area contributed by atoms with Crippen LogP contribution in [-0.4, -0.2) is 22.7 Å². The molecule has 0 aromatic carbocycles. The first kappa shape index (κ1) is 18.8. The number of rotatable bonds is 8. The summed E-state index contributed by atoms with van der Waals surface area (Å²) in [7, 11) is 0.